The Bertz CT molecular complexity index is 40.1. The van der Waals surface area contributed by atoms with Crippen LogP contribution in [0.2, 0.25) is 0 Å². The minimum absolute atomic E-state index is 0.949. The Hall–Kier alpha value is 0.830. The van der Waals surface area contributed by atoms with E-state index in [4.69, 9.17) is 0 Å². The minimum Gasteiger partial charge on any atom is -0.0801 e. The Kier molecular flexibility index (Phi) is 1.84. The van der Waals surface area contributed by atoms with Crippen LogP contribution in [-0.2, 0) is 0 Å². The number of hydrogen-bond acceptors (Lipinski definition) is 1. The molecule has 1 aliphatic carbocycles. The lowest BCUT2D eigenvalue weighted by molar-refractivity contribution is 0.525. The van der Waals surface area contributed by atoms with E-state index >= 15 is 0 Å². The minimum atomic E-state index is 0.949. The van der Waals surface area contributed by atoms with Crippen molar-refractivity contribution >= 4 is 25.0 Å². The molecule has 1 aliphatic rings. The zero-order valence-corrected chi connectivity index (χ0v) is 5.89. The van der Waals surface area contributed by atoms with Gasteiger partial charge in [0.15, 0.2) is 0 Å². The van der Waals surface area contributed by atoms with Crippen LogP contribution in [0, 0.1) is 0 Å². The van der Waals surface area contributed by atoms with E-state index in [0.717, 1.165) is 5.25 Å². The highest BCUT2D eigenvalue weighted by Crippen LogP contribution is 2.34. The average molecular weight is 167 g/mol. The summed E-state index contributed by atoms with van der Waals surface area (Å²) in [5.41, 5.74) is 0. The molecule has 1 rings (SSSR count). The summed E-state index contributed by atoms with van der Waals surface area (Å²) in [5, 5.41) is 0.949. The van der Waals surface area contributed by atoms with Crippen molar-refractivity contribution in [2.24, 2.45) is 0 Å². The lowest BCUT2D eigenvalue weighted by Crippen LogP contribution is -2.10. The van der Waals surface area contributed by atoms with Crippen LogP contribution >= 0.6 is 25.0 Å². The van der Waals surface area contributed by atoms with E-state index in [1.165, 1.54) is 19.3 Å². The summed E-state index contributed by atoms with van der Waals surface area (Å²) in [5.74, 6) is 0. The van der Waals surface area contributed by atoms with Gasteiger partial charge in [0.1, 0.15) is 0 Å². The highest BCUT2D eigenvalue weighted by molar-refractivity contribution is 9.50. The van der Waals surface area contributed by atoms with E-state index in [1.807, 2.05) is 10.2 Å². The van der Waals surface area contributed by atoms with Crippen molar-refractivity contribution in [2.75, 3.05) is 0 Å². The van der Waals surface area contributed by atoms with Gasteiger partial charge < -0.3 is 0 Å². The van der Waals surface area contributed by atoms with Gasteiger partial charge in [-0.05, 0) is 27.7 Å². The fourth-order valence-corrected chi connectivity index (χ4v) is 2.09. The summed E-state index contributed by atoms with van der Waals surface area (Å²) in [6.45, 7) is 0. The standard InChI is InChI=1S/C4H7BrS/c5-6-4-2-1-3-4/h4H,1-3H2. The Morgan fingerprint density at radius 3 is 2.17 bits per heavy atom. The maximum Gasteiger partial charge on any atom is 0.0157 e. The number of hydrogen-bond donors (Lipinski definition) is 0. The molecule has 0 heterocycles. The van der Waals surface area contributed by atoms with Gasteiger partial charge in [0.2, 0.25) is 0 Å². The Morgan fingerprint density at radius 2 is 2.17 bits per heavy atom. The van der Waals surface area contributed by atoms with Crippen LogP contribution in [0.25, 0.3) is 0 Å². The third kappa shape index (κ3) is 0.909. The van der Waals surface area contributed by atoms with E-state index in [1.54, 1.807) is 0 Å². The van der Waals surface area contributed by atoms with E-state index < -0.39 is 0 Å². The molecule has 0 unspecified atom stereocenters. The molecule has 0 spiro atoms. The zero-order chi connectivity index (χ0) is 4.41. The molecule has 0 saturated heterocycles. The summed E-state index contributed by atoms with van der Waals surface area (Å²) in [6.07, 6.45) is 4.30. The third-order valence-corrected chi connectivity index (χ3v) is 3.49. The van der Waals surface area contributed by atoms with Crippen LogP contribution in [0.3, 0.4) is 0 Å². The van der Waals surface area contributed by atoms with Crippen LogP contribution in [0.15, 0.2) is 0 Å². The van der Waals surface area contributed by atoms with Crippen molar-refractivity contribution in [2.45, 2.75) is 24.5 Å². The van der Waals surface area contributed by atoms with Gasteiger partial charge >= 0.3 is 0 Å². The van der Waals surface area contributed by atoms with Gasteiger partial charge in [-0.15, -0.1) is 0 Å². The van der Waals surface area contributed by atoms with Crippen molar-refractivity contribution in [1.82, 2.24) is 0 Å². The van der Waals surface area contributed by atoms with E-state index in [9.17, 15) is 0 Å². The highest BCUT2D eigenvalue weighted by atomic mass is 79.9. The Labute approximate surface area is 49.9 Å². The molecule has 0 atom stereocenters. The largest absolute Gasteiger partial charge is 0.0801 e. The first-order valence-corrected chi connectivity index (χ1v) is 4.93. The lowest BCUT2D eigenvalue weighted by Gasteiger charge is -2.20. The summed E-state index contributed by atoms with van der Waals surface area (Å²) in [6, 6.07) is 0. The number of halogens is 1. The zero-order valence-electron chi connectivity index (χ0n) is 3.48. The lowest BCUT2D eigenvalue weighted by atomic mass is 10.0. The van der Waals surface area contributed by atoms with Gasteiger partial charge in [-0.2, -0.15) is 0 Å². The molecule has 6 heavy (non-hydrogen) atoms. The summed E-state index contributed by atoms with van der Waals surface area (Å²) >= 11 is 3.34. The van der Waals surface area contributed by atoms with Gasteiger partial charge in [0, 0.05) is 5.25 Å². The molecule has 0 aromatic carbocycles. The van der Waals surface area contributed by atoms with E-state index in [2.05, 4.69) is 14.8 Å². The predicted octanol–water partition coefficient (Wildman–Crippen LogP) is 2.58. The fourth-order valence-electron chi connectivity index (χ4n) is 0.460. The molecule has 0 nitrogen and oxygen atoms in total. The second kappa shape index (κ2) is 2.22. The van der Waals surface area contributed by atoms with Gasteiger partial charge in [-0.25, -0.2) is 0 Å². The molecule has 1 fully saturated rings. The molecule has 0 aromatic heterocycles. The van der Waals surface area contributed by atoms with Crippen LogP contribution in [0.5, 0.6) is 0 Å². The van der Waals surface area contributed by atoms with Crippen LogP contribution < -0.4 is 0 Å². The molecule has 0 radical (unpaired) electrons. The fraction of sp³-hybridized carbons (Fsp3) is 1.00. The quantitative estimate of drug-likeness (QED) is 0.578. The van der Waals surface area contributed by atoms with Gasteiger partial charge in [-0.3, -0.25) is 0 Å². The summed E-state index contributed by atoms with van der Waals surface area (Å²) in [4.78, 5) is 0. The van der Waals surface area contributed by atoms with Gasteiger partial charge in [0.05, 0.1) is 0 Å². The van der Waals surface area contributed by atoms with E-state index in [-0.39, 0.29) is 0 Å². The van der Waals surface area contributed by atoms with Crippen LogP contribution in [-0.4, -0.2) is 5.25 Å². The first kappa shape index (κ1) is 4.98. The Balaban J connectivity index is 2.01. The SMILES string of the molecule is BrSC1CCC1. The first-order chi connectivity index (χ1) is 2.93. The van der Waals surface area contributed by atoms with Crippen molar-refractivity contribution in [3.63, 3.8) is 0 Å². The topological polar surface area (TPSA) is 0 Å². The molecular weight excluding hydrogens is 160 g/mol. The van der Waals surface area contributed by atoms with Crippen LogP contribution in [0.4, 0.5) is 0 Å². The molecule has 1 saturated carbocycles. The van der Waals surface area contributed by atoms with Crippen molar-refractivity contribution < 1.29 is 0 Å². The van der Waals surface area contributed by atoms with Crippen molar-refractivity contribution in [1.29, 1.82) is 0 Å². The maximum absolute atomic E-state index is 3.34. The van der Waals surface area contributed by atoms with Crippen LogP contribution in [0.1, 0.15) is 19.3 Å². The molecule has 0 N–H and O–H groups in total. The molecular formula is C4H7BrS. The second-order valence-electron chi connectivity index (χ2n) is 1.64. The normalized spacial score (nSPS) is 23.5. The van der Waals surface area contributed by atoms with Gasteiger partial charge in [0.25, 0.3) is 0 Å². The molecule has 0 aliphatic heterocycles. The number of rotatable bonds is 1. The van der Waals surface area contributed by atoms with E-state index in [0.29, 0.717) is 0 Å². The van der Waals surface area contributed by atoms with Gasteiger partial charge in [-0.1, -0.05) is 16.6 Å². The molecule has 36 valence electrons. The summed E-state index contributed by atoms with van der Waals surface area (Å²) < 4.78 is 0. The highest BCUT2D eigenvalue weighted by Gasteiger charge is 2.15. The predicted molar refractivity (Wildman–Crippen MR) is 34.2 cm³/mol. The second-order valence-corrected chi connectivity index (χ2v) is 3.61. The monoisotopic (exact) mass is 166 g/mol. The maximum atomic E-state index is 3.34. The van der Waals surface area contributed by atoms with Crippen molar-refractivity contribution in [3.05, 3.63) is 0 Å². The van der Waals surface area contributed by atoms with Crippen molar-refractivity contribution in [3.8, 4) is 0 Å². The molecule has 2 heteroatoms. The smallest absolute Gasteiger partial charge is 0.0157 e. The molecule has 0 aromatic rings. The third-order valence-electron chi connectivity index (χ3n) is 1.18. The molecule has 0 bridgehead atoms. The molecule has 0 amide bonds. The first-order valence-electron chi connectivity index (χ1n) is 2.21. The average Bonchev–Trinajstić information content (AvgIpc) is 1.31. The Morgan fingerprint density at radius 1 is 1.50 bits per heavy atom. The summed E-state index contributed by atoms with van der Waals surface area (Å²) in [7, 11) is 1.82.